The molecule has 0 aliphatic heterocycles. The van der Waals surface area contributed by atoms with E-state index in [0.717, 1.165) is 17.0 Å². The first-order valence-corrected chi connectivity index (χ1v) is 8.31. The summed E-state index contributed by atoms with van der Waals surface area (Å²) >= 11 is 0. The summed E-state index contributed by atoms with van der Waals surface area (Å²) in [6.45, 7) is 9.26. The molecule has 0 aromatic heterocycles. The van der Waals surface area contributed by atoms with E-state index in [1.54, 1.807) is 0 Å². The van der Waals surface area contributed by atoms with Gasteiger partial charge in [-0.05, 0) is 54.7 Å². The lowest BCUT2D eigenvalue weighted by molar-refractivity contribution is 0.247. The molecule has 0 saturated carbocycles. The highest BCUT2D eigenvalue weighted by atomic mass is 16.5. The van der Waals surface area contributed by atoms with E-state index in [4.69, 9.17) is 4.74 Å². The minimum atomic E-state index is -0.225. The SMILES string of the molecule is Cc1cccc(OCCNC(=O)Nc2ccc(C(C)C)cc2)c1C. The molecule has 0 unspecified atom stereocenters. The van der Waals surface area contributed by atoms with Crippen molar-refractivity contribution < 1.29 is 9.53 Å². The summed E-state index contributed by atoms with van der Waals surface area (Å²) < 4.78 is 5.72. The van der Waals surface area contributed by atoms with Crippen molar-refractivity contribution in [2.75, 3.05) is 18.5 Å². The van der Waals surface area contributed by atoms with E-state index in [-0.39, 0.29) is 6.03 Å². The minimum Gasteiger partial charge on any atom is -0.491 e. The Morgan fingerprint density at radius 1 is 1.08 bits per heavy atom. The maximum absolute atomic E-state index is 11.9. The Kier molecular flexibility index (Phi) is 6.24. The third-order valence-corrected chi connectivity index (χ3v) is 4.04. The van der Waals surface area contributed by atoms with Crippen molar-refractivity contribution in [2.24, 2.45) is 0 Å². The van der Waals surface area contributed by atoms with Crippen LogP contribution in [0.2, 0.25) is 0 Å². The van der Waals surface area contributed by atoms with E-state index in [9.17, 15) is 4.79 Å². The number of carbonyl (C=O) groups is 1. The van der Waals surface area contributed by atoms with Gasteiger partial charge in [0.15, 0.2) is 0 Å². The van der Waals surface area contributed by atoms with Crippen LogP contribution >= 0.6 is 0 Å². The number of carbonyl (C=O) groups excluding carboxylic acids is 1. The van der Waals surface area contributed by atoms with Crippen LogP contribution in [0.5, 0.6) is 5.75 Å². The van der Waals surface area contributed by atoms with Crippen LogP contribution in [-0.2, 0) is 0 Å². The Balaban J connectivity index is 1.74. The van der Waals surface area contributed by atoms with Gasteiger partial charge in [-0.2, -0.15) is 0 Å². The Morgan fingerprint density at radius 3 is 2.46 bits per heavy atom. The Bertz CT molecular complexity index is 679. The quantitative estimate of drug-likeness (QED) is 0.761. The number of anilines is 1. The summed E-state index contributed by atoms with van der Waals surface area (Å²) in [4.78, 5) is 11.9. The van der Waals surface area contributed by atoms with Crippen LogP contribution in [0, 0.1) is 13.8 Å². The van der Waals surface area contributed by atoms with Crippen molar-refractivity contribution >= 4 is 11.7 Å². The van der Waals surface area contributed by atoms with E-state index in [1.807, 2.05) is 43.3 Å². The number of amides is 2. The van der Waals surface area contributed by atoms with Gasteiger partial charge in [0.1, 0.15) is 12.4 Å². The van der Waals surface area contributed by atoms with Crippen LogP contribution in [0.25, 0.3) is 0 Å². The smallest absolute Gasteiger partial charge is 0.319 e. The normalized spacial score (nSPS) is 10.5. The Labute approximate surface area is 144 Å². The molecule has 2 N–H and O–H groups in total. The molecule has 0 heterocycles. The van der Waals surface area contributed by atoms with Crippen molar-refractivity contribution in [3.05, 3.63) is 59.2 Å². The number of hydrogen-bond acceptors (Lipinski definition) is 2. The number of hydrogen-bond donors (Lipinski definition) is 2. The van der Waals surface area contributed by atoms with Gasteiger partial charge in [-0.25, -0.2) is 4.79 Å². The molecule has 0 spiro atoms. The second kappa shape index (κ2) is 8.39. The minimum absolute atomic E-state index is 0.225. The molecule has 24 heavy (non-hydrogen) atoms. The summed E-state index contributed by atoms with van der Waals surface area (Å²) in [6, 6.07) is 13.6. The molecule has 0 bridgehead atoms. The van der Waals surface area contributed by atoms with Crippen molar-refractivity contribution in [2.45, 2.75) is 33.6 Å². The maximum atomic E-state index is 11.9. The zero-order valence-electron chi connectivity index (χ0n) is 14.8. The molecule has 2 amide bonds. The third-order valence-electron chi connectivity index (χ3n) is 4.04. The van der Waals surface area contributed by atoms with Crippen LogP contribution in [0.1, 0.15) is 36.5 Å². The molecule has 4 heteroatoms. The number of ether oxygens (including phenoxy) is 1. The number of nitrogens with one attached hydrogen (secondary N) is 2. The van der Waals surface area contributed by atoms with Crippen LogP contribution in [0.4, 0.5) is 10.5 Å². The lowest BCUT2D eigenvalue weighted by Crippen LogP contribution is -2.32. The molecule has 2 aromatic rings. The van der Waals surface area contributed by atoms with Crippen LogP contribution in [0.15, 0.2) is 42.5 Å². The maximum Gasteiger partial charge on any atom is 0.319 e. The van der Waals surface area contributed by atoms with Gasteiger partial charge in [0.2, 0.25) is 0 Å². The molecule has 0 saturated heterocycles. The van der Waals surface area contributed by atoms with Crippen molar-refractivity contribution in [3.8, 4) is 5.75 Å². The van der Waals surface area contributed by atoms with Gasteiger partial charge in [-0.15, -0.1) is 0 Å². The second-order valence-electron chi connectivity index (χ2n) is 6.20. The highest BCUT2D eigenvalue weighted by Gasteiger charge is 2.04. The molecule has 0 radical (unpaired) electrons. The van der Waals surface area contributed by atoms with E-state index in [0.29, 0.717) is 19.1 Å². The Morgan fingerprint density at radius 2 is 1.79 bits per heavy atom. The molecule has 4 nitrogen and oxygen atoms in total. The van der Waals surface area contributed by atoms with Gasteiger partial charge in [0, 0.05) is 5.69 Å². The van der Waals surface area contributed by atoms with Crippen molar-refractivity contribution in [1.82, 2.24) is 5.32 Å². The van der Waals surface area contributed by atoms with Crippen molar-refractivity contribution in [1.29, 1.82) is 0 Å². The molecule has 0 aliphatic carbocycles. The molecule has 2 rings (SSSR count). The zero-order chi connectivity index (χ0) is 17.5. The summed E-state index contributed by atoms with van der Waals surface area (Å²) in [5.41, 5.74) is 4.37. The third kappa shape index (κ3) is 5.01. The summed E-state index contributed by atoms with van der Waals surface area (Å²) in [5.74, 6) is 1.34. The fourth-order valence-corrected chi connectivity index (χ4v) is 2.33. The fourth-order valence-electron chi connectivity index (χ4n) is 2.33. The number of urea groups is 1. The number of rotatable bonds is 6. The van der Waals surface area contributed by atoms with E-state index in [2.05, 4.69) is 37.5 Å². The lowest BCUT2D eigenvalue weighted by Gasteiger charge is -2.12. The zero-order valence-corrected chi connectivity index (χ0v) is 14.8. The first kappa shape index (κ1) is 17.9. The standard InChI is InChI=1S/C20H26N2O2/c1-14(2)17-8-10-18(11-9-17)22-20(23)21-12-13-24-19-7-5-6-15(3)16(19)4/h5-11,14H,12-13H2,1-4H3,(H2,21,22,23). The molecule has 0 aliphatic rings. The monoisotopic (exact) mass is 326 g/mol. The highest BCUT2D eigenvalue weighted by Crippen LogP contribution is 2.20. The fraction of sp³-hybridized carbons (Fsp3) is 0.350. The van der Waals surface area contributed by atoms with Gasteiger partial charge < -0.3 is 15.4 Å². The molecular weight excluding hydrogens is 300 g/mol. The number of aryl methyl sites for hydroxylation is 1. The summed E-state index contributed by atoms with van der Waals surface area (Å²) in [5, 5.41) is 5.62. The van der Waals surface area contributed by atoms with Crippen LogP contribution in [0.3, 0.4) is 0 Å². The van der Waals surface area contributed by atoms with Gasteiger partial charge >= 0.3 is 6.03 Å². The molecule has 2 aromatic carbocycles. The molecule has 0 fully saturated rings. The van der Waals surface area contributed by atoms with Crippen LogP contribution in [-0.4, -0.2) is 19.2 Å². The summed E-state index contributed by atoms with van der Waals surface area (Å²) in [6.07, 6.45) is 0. The summed E-state index contributed by atoms with van der Waals surface area (Å²) in [7, 11) is 0. The van der Waals surface area contributed by atoms with E-state index < -0.39 is 0 Å². The topological polar surface area (TPSA) is 50.4 Å². The van der Waals surface area contributed by atoms with Crippen LogP contribution < -0.4 is 15.4 Å². The lowest BCUT2D eigenvalue weighted by atomic mass is 10.0. The first-order chi connectivity index (χ1) is 11.5. The largest absolute Gasteiger partial charge is 0.491 e. The average molecular weight is 326 g/mol. The predicted molar refractivity (Wildman–Crippen MR) is 99.0 cm³/mol. The molecule has 128 valence electrons. The van der Waals surface area contributed by atoms with E-state index in [1.165, 1.54) is 11.1 Å². The number of benzene rings is 2. The van der Waals surface area contributed by atoms with Gasteiger partial charge in [0.05, 0.1) is 6.54 Å². The molecular formula is C20H26N2O2. The van der Waals surface area contributed by atoms with Gasteiger partial charge in [0.25, 0.3) is 0 Å². The van der Waals surface area contributed by atoms with E-state index >= 15 is 0 Å². The predicted octanol–water partition coefficient (Wildman–Crippen LogP) is 4.63. The first-order valence-electron chi connectivity index (χ1n) is 8.31. The highest BCUT2D eigenvalue weighted by molar-refractivity contribution is 5.89. The van der Waals surface area contributed by atoms with Crippen molar-refractivity contribution in [3.63, 3.8) is 0 Å². The average Bonchev–Trinajstić information content (AvgIpc) is 2.55. The molecule has 0 atom stereocenters. The van der Waals surface area contributed by atoms with Gasteiger partial charge in [-0.3, -0.25) is 0 Å². The second-order valence-corrected chi connectivity index (χ2v) is 6.20. The van der Waals surface area contributed by atoms with Gasteiger partial charge in [-0.1, -0.05) is 38.1 Å². The Hall–Kier alpha value is -2.49.